The van der Waals surface area contributed by atoms with Crippen LogP contribution in [0.3, 0.4) is 0 Å². The van der Waals surface area contributed by atoms with Gasteiger partial charge in [-0.05, 0) is 25.5 Å². The Morgan fingerprint density at radius 1 is 1.14 bits per heavy atom. The molecule has 9 nitrogen and oxygen atoms in total. The second-order valence-corrected chi connectivity index (χ2v) is 7.04. The molecule has 3 rings (SSSR count). The largest absolute Gasteiger partial charge is 0.507 e. The molecule has 1 aliphatic heterocycles. The average Bonchev–Trinajstić information content (AvgIpc) is 2.60. The number of rotatable bonds is 4. The Morgan fingerprint density at radius 2 is 1.82 bits per heavy atom. The molecule has 0 saturated carbocycles. The predicted octanol–water partition coefficient (Wildman–Crippen LogP) is -0.547. The van der Waals surface area contributed by atoms with Crippen molar-refractivity contribution in [1.29, 1.82) is 0 Å². The maximum absolute atomic E-state index is 12.6. The highest BCUT2D eigenvalue weighted by Gasteiger charge is 2.45. The van der Waals surface area contributed by atoms with Gasteiger partial charge in [-0.25, -0.2) is 0 Å². The third-order valence-electron chi connectivity index (χ3n) is 4.87. The zero-order valence-corrected chi connectivity index (χ0v) is 15.3. The van der Waals surface area contributed by atoms with Crippen LogP contribution in [0.15, 0.2) is 21.3 Å². The topological polar surface area (TPSA) is 158 Å². The van der Waals surface area contributed by atoms with Crippen molar-refractivity contribution in [3.63, 3.8) is 0 Å². The van der Waals surface area contributed by atoms with Gasteiger partial charge < -0.3 is 34.7 Å². The fraction of sp³-hybridized carbons (Fsp3) is 0.474. The summed E-state index contributed by atoms with van der Waals surface area (Å²) < 4.78 is 11.2. The Labute approximate surface area is 159 Å². The number of hydrogen-bond acceptors (Lipinski definition) is 9. The van der Waals surface area contributed by atoms with E-state index in [9.17, 15) is 35.1 Å². The first-order valence-corrected chi connectivity index (χ1v) is 8.74. The molecule has 0 aliphatic carbocycles. The summed E-state index contributed by atoms with van der Waals surface area (Å²) in [5.41, 5.74) is -0.240. The van der Waals surface area contributed by atoms with Crippen molar-refractivity contribution in [2.75, 3.05) is 6.61 Å². The van der Waals surface area contributed by atoms with Gasteiger partial charge in [-0.3, -0.25) is 9.59 Å². The second kappa shape index (κ2) is 7.61. The lowest BCUT2D eigenvalue weighted by molar-refractivity contribution is -0.231. The highest BCUT2D eigenvalue weighted by atomic mass is 16.5. The number of ether oxygens (including phenoxy) is 1. The molecule has 1 fully saturated rings. The number of aliphatic hydroxyl groups excluding tert-OH is 4. The molecular formula is C19H22O9. The molecule has 1 aromatic heterocycles. The number of Topliss-reactive ketones (excluding diaryl/α,β-unsaturated/α-hetero) is 1. The molecule has 1 saturated heterocycles. The number of hydrogen-bond donors (Lipinski definition) is 5. The summed E-state index contributed by atoms with van der Waals surface area (Å²) in [5, 5.41) is 50.5. The van der Waals surface area contributed by atoms with Crippen LogP contribution in [0.2, 0.25) is 0 Å². The normalized spacial score (nSPS) is 27.9. The number of carbonyl (C=O) groups excluding carboxylic acids is 1. The van der Waals surface area contributed by atoms with Crippen molar-refractivity contribution in [2.45, 2.75) is 50.8 Å². The standard InChI is InChI=1S/C19H22O9/c1-7-3-10(22)14(19-17(26)16(25)15(24)12(6-20)28-19)18-13(7)11(23)5-9(27-18)4-8(2)21/h3,5,12,15-17,19-20,22,24-26H,4,6H2,1-2H3/t12-,15-,16-,17+,19+/m1/s1. The first-order valence-electron chi connectivity index (χ1n) is 8.74. The highest BCUT2D eigenvalue weighted by molar-refractivity contribution is 5.86. The lowest BCUT2D eigenvalue weighted by atomic mass is 9.89. The summed E-state index contributed by atoms with van der Waals surface area (Å²) >= 11 is 0. The van der Waals surface area contributed by atoms with Gasteiger partial charge in [-0.15, -0.1) is 0 Å². The molecule has 5 N–H and O–H groups in total. The van der Waals surface area contributed by atoms with E-state index in [1.807, 2.05) is 0 Å². The van der Waals surface area contributed by atoms with Gasteiger partial charge in [-0.2, -0.15) is 0 Å². The lowest BCUT2D eigenvalue weighted by Gasteiger charge is -2.40. The quantitative estimate of drug-likeness (QED) is 0.459. The van der Waals surface area contributed by atoms with Gasteiger partial charge >= 0.3 is 0 Å². The van der Waals surface area contributed by atoms with Crippen LogP contribution in [0.4, 0.5) is 0 Å². The fourth-order valence-corrected chi connectivity index (χ4v) is 3.52. The van der Waals surface area contributed by atoms with E-state index < -0.39 is 42.6 Å². The summed E-state index contributed by atoms with van der Waals surface area (Å²) in [4.78, 5) is 24.0. The third kappa shape index (κ3) is 3.43. The van der Waals surface area contributed by atoms with Gasteiger partial charge in [0.05, 0.1) is 24.0 Å². The molecule has 2 heterocycles. The molecule has 0 radical (unpaired) electrons. The Hall–Kier alpha value is -2.30. The number of phenols is 1. The van der Waals surface area contributed by atoms with Crippen LogP contribution in [0, 0.1) is 6.92 Å². The Morgan fingerprint density at radius 3 is 2.43 bits per heavy atom. The molecule has 152 valence electrons. The van der Waals surface area contributed by atoms with E-state index in [0.29, 0.717) is 5.56 Å². The van der Waals surface area contributed by atoms with Gasteiger partial charge in [0.25, 0.3) is 0 Å². The molecule has 2 aromatic rings. The summed E-state index contributed by atoms with van der Waals surface area (Å²) in [5.74, 6) is -0.535. The summed E-state index contributed by atoms with van der Waals surface area (Å²) in [6, 6.07) is 2.48. The second-order valence-electron chi connectivity index (χ2n) is 7.04. The number of ketones is 1. The number of carbonyl (C=O) groups is 1. The summed E-state index contributed by atoms with van der Waals surface area (Å²) in [6.07, 6.45) is -7.65. The minimum atomic E-state index is -1.67. The SMILES string of the molecule is CC(=O)Cc1cc(=O)c2c(C)cc(O)c([C@@H]3O[C@H](CO)[C@@H](O)[C@@H](O)[C@@H]3O)c2o1. The number of phenolic OH excluding ortho intramolecular Hbond substituents is 1. The van der Waals surface area contributed by atoms with Crippen LogP contribution in [-0.2, 0) is 16.0 Å². The van der Waals surface area contributed by atoms with E-state index in [1.165, 1.54) is 19.1 Å². The summed E-state index contributed by atoms with van der Waals surface area (Å²) in [7, 11) is 0. The van der Waals surface area contributed by atoms with Crippen LogP contribution in [-0.4, -0.2) is 62.3 Å². The lowest BCUT2D eigenvalue weighted by Crippen LogP contribution is -2.55. The molecule has 0 spiro atoms. The average molecular weight is 394 g/mol. The number of fused-ring (bicyclic) bond motifs is 1. The zero-order valence-electron chi connectivity index (χ0n) is 15.3. The third-order valence-corrected chi connectivity index (χ3v) is 4.87. The smallest absolute Gasteiger partial charge is 0.193 e. The highest BCUT2D eigenvalue weighted by Crippen LogP contribution is 2.41. The van der Waals surface area contributed by atoms with Gasteiger partial charge in [0.15, 0.2) is 5.43 Å². The molecule has 0 bridgehead atoms. The van der Waals surface area contributed by atoms with Crippen LogP contribution in [0.1, 0.15) is 29.9 Å². The number of aromatic hydroxyl groups is 1. The van der Waals surface area contributed by atoms with E-state index in [0.717, 1.165) is 0 Å². The van der Waals surface area contributed by atoms with Gasteiger partial charge in [0, 0.05) is 6.07 Å². The van der Waals surface area contributed by atoms with Crippen LogP contribution in [0.25, 0.3) is 11.0 Å². The summed E-state index contributed by atoms with van der Waals surface area (Å²) in [6.45, 7) is 2.27. The van der Waals surface area contributed by atoms with Crippen molar-refractivity contribution in [1.82, 2.24) is 0 Å². The van der Waals surface area contributed by atoms with Crippen molar-refractivity contribution >= 4 is 16.8 Å². The number of aliphatic hydroxyl groups is 4. The van der Waals surface area contributed by atoms with E-state index in [1.54, 1.807) is 6.92 Å². The van der Waals surface area contributed by atoms with E-state index in [-0.39, 0.29) is 40.2 Å². The van der Waals surface area contributed by atoms with E-state index in [2.05, 4.69) is 0 Å². The molecule has 0 amide bonds. The van der Waals surface area contributed by atoms with E-state index >= 15 is 0 Å². The van der Waals surface area contributed by atoms with Crippen molar-refractivity contribution in [3.8, 4) is 5.75 Å². The van der Waals surface area contributed by atoms with Crippen LogP contribution >= 0.6 is 0 Å². The van der Waals surface area contributed by atoms with Crippen molar-refractivity contribution < 1.29 is 39.5 Å². The minimum Gasteiger partial charge on any atom is -0.507 e. The Bertz CT molecular complexity index is 962. The molecule has 9 heteroatoms. The van der Waals surface area contributed by atoms with Crippen LogP contribution < -0.4 is 5.43 Å². The van der Waals surface area contributed by atoms with E-state index in [4.69, 9.17) is 9.15 Å². The Kier molecular flexibility index (Phi) is 5.55. The maximum atomic E-state index is 12.6. The minimum absolute atomic E-state index is 0.0702. The Balaban J connectivity index is 2.26. The predicted molar refractivity (Wildman–Crippen MR) is 96.0 cm³/mol. The van der Waals surface area contributed by atoms with Gasteiger partial charge in [0.1, 0.15) is 53.4 Å². The zero-order chi connectivity index (χ0) is 20.7. The monoisotopic (exact) mass is 394 g/mol. The molecule has 5 atom stereocenters. The molecule has 28 heavy (non-hydrogen) atoms. The van der Waals surface area contributed by atoms with Gasteiger partial charge in [0.2, 0.25) is 0 Å². The first kappa shape index (κ1) is 20.4. The van der Waals surface area contributed by atoms with Crippen LogP contribution in [0.5, 0.6) is 5.75 Å². The first-order chi connectivity index (χ1) is 13.1. The molecule has 1 aliphatic rings. The van der Waals surface area contributed by atoms with Crippen molar-refractivity contribution in [3.05, 3.63) is 39.2 Å². The maximum Gasteiger partial charge on any atom is 0.193 e. The van der Waals surface area contributed by atoms with Crippen molar-refractivity contribution in [2.24, 2.45) is 0 Å². The van der Waals surface area contributed by atoms with Gasteiger partial charge in [-0.1, -0.05) is 0 Å². The molecular weight excluding hydrogens is 372 g/mol. The number of benzene rings is 1. The molecule has 0 unspecified atom stereocenters. The fourth-order valence-electron chi connectivity index (χ4n) is 3.52. The number of aryl methyl sites for hydroxylation is 1. The molecule has 1 aromatic carbocycles.